The molecule has 1 aliphatic rings. The van der Waals surface area contributed by atoms with Gasteiger partial charge in [-0.1, -0.05) is 12.1 Å². The maximum absolute atomic E-state index is 12.2. The molecule has 25 heavy (non-hydrogen) atoms. The van der Waals surface area contributed by atoms with Crippen molar-refractivity contribution in [3.63, 3.8) is 0 Å². The van der Waals surface area contributed by atoms with Crippen LogP contribution in [0.1, 0.15) is 24.4 Å². The first-order chi connectivity index (χ1) is 12.1. The Kier molecular flexibility index (Phi) is 3.80. The van der Waals surface area contributed by atoms with Gasteiger partial charge in [0.05, 0.1) is 23.1 Å². The molecule has 7 heteroatoms. The van der Waals surface area contributed by atoms with Crippen molar-refractivity contribution in [2.24, 2.45) is 0 Å². The Bertz CT molecular complexity index is 906. The molecule has 3 heterocycles. The number of imidazole rings is 1. The second-order valence-corrected chi connectivity index (χ2v) is 6.57. The summed E-state index contributed by atoms with van der Waals surface area (Å²) in [5.74, 6) is -0.149. The van der Waals surface area contributed by atoms with Crippen molar-refractivity contribution in [2.45, 2.75) is 31.8 Å². The fourth-order valence-electron chi connectivity index (χ4n) is 3.65. The summed E-state index contributed by atoms with van der Waals surface area (Å²) in [5.41, 5.74) is 1.62. The quantitative estimate of drug-likeness (QED) is 0.785. The predicted molar refractivity (Wildman–Crippen MR) is 91.1 cm³/mol. The number of rotatable bonds is 4. The Morgan fingerprint density at radius 3 is 2.76 bits per heavy atom. The van der Waals surface area contributed by atoms with E-state index in [0.717, 1.165) is 16.7 Å². The number of likely N-dealkylation sites (tertiary alicyclic amines) is 1. The van der Waals surface area contributed by atoms with E-state index in [9.17, 15) is 9.90 Å². The van der Waals surface area contributed by atoms with Crippen LogP contribution in [0.25, 0.3) is 11.0 Å². The first kappa shape index (κ1) is 15.8. The number of carbonyl (C=O) groups is 1. The molecule has 1 N–H and O–H groups in total. The predicted octanol–water partition coefficient (Wildman–Crippen LogP) is 2.41. The van der Waals surface area contributed by atoms with Gasteiger partial charge in [-0.15, -0.1) is 0 Å². The van der Waals surface area contributed by atoms with E-state index in [1.165, 1.54) is 0 Å². The number of hydrogen-bond donors (Lipinski definition) is 1. The van der Waals surface area contributed by atoms with Crippen LogP contribution in [0.15, 0.2) is 41.3 Å². The van der Waals surface area contributed by atoms with Crippen LogP contribution < -0.4 is 0 Å². The highest BCUT2D eigenvalue weighted by molar-refractivity contribution is 5.82. The average Bonchev–Trinajstić information content (AvgIpc) is 3.22. The maximum atomic E-state index is 12.2. The molecule has 0 amide bonds. The first-order valence-corrected chi connectivity index (χ1v) is 8.38. The Balaban J connectivity index is 1.58. The van der Waals surface area contributed by atoms with Gasteiger partial charge in [-0.05, 0) is 25.0 Å². The lowest BCUT2D eigenvalue weighted by molar-refractivity contribution is -0.150. The fourth-order valence-corrected chi connectivity index (χ4v) is 3.65. The smallest absolute Gasteiger partial charge is 0.330 e. The van der Waals surface area contributed by atoms with Crippen LogP contribution in [0.3, 0.4) is 0 Å². The number of aromatic nitrogens is 3. The van der Waals surface area contributed by atoms with E-state index >= 15 is 0 Å². The molecule has 0 bridgehead atoms. The van der Waals surface area contributed by atoms with E-state index in [2.05, 4.69) is 14.9 Å². The number of oxazole rings is 1. The highest BCUT2D eigenvalue weighted by Crippen LogP contribution is 2.34. The SMILES string of the molecule is Cc1nc(CN2CCC(C(=O)O)(n3cnc4ccccc43)CC2)co1. The summed E-state index contributed by atoms with van der Waals surface area (Å²) in [7, 11) is 0. The van der Waals surface area contributed by atoms with E-state index < -0.39 is 11.5 Å². The molecule has 0 spiro atoms. The third kappa shape index (κ3) is 2.70. The number of benzene rings is 1. The van der Waals surface area contributed by atoms with Gasteiger partial charge in [0.2, 0.25) is 0 Å². The van der Waals surface area contributed by atoms with Crippen LogP contribution in [0.2, 0.25) is 0 Å². The van der Waals surface area contributed by atoms with Gasteiger partial charge in [-0.2, -0.15) is 0 Å². The standard InChI is InChI=1S/C18H20N4O3/c1-13-20-14(11-25-13)10-21-8-6-18(7-9-21,17(23)24)22-12-19-15-4-2-3-5-16(15)22/h2-5,11-12H,6-10H2,1H3,(H,23,24). The molecule has 0 saturated carbocycles. The number of carboxylic acid groups (broad SMARTS) is 1. The number of aryl methyl sites for hydroxylation is 1. The number of aliphatic carboxylic acids is 1. The highest BCUT2D eigenvalue weighted by atomic mass is 16.4. The van der Waals surface area contributed by atoms with Gasteiger partial charge < -0.3 is 14.1 Å². The van der Waals surface area contributed by atoms with Crippen LogP contribution in [0, 0.1) is 6.92 Å². The van der Waals surface area contributed by atoms with Gasteiger partial charge in [0.1, 0.15) is 11.8 Å². The van der Waals surface area contributed by atoms with E-state index in [1.54, 1.807) is 12.6 Å². The molecule has 0 atom stereocenters. The van der Waals surface area contributed by atoms with Crippen molar-refractivity contribution in [3.05, 3.63) is 48.4 Å². The zero-order valence-corrected chi connectivity index (χ0v) is 14.1. The molecule has 0 radical (unpaired) electrons. The van der Waals surface area contributed by atoms with Crippen molar-refractivity contribution in [3.8, 4) is 0 Å². The molecule has 2 aromatic heterocycles. The number of hydrogen-bond acceptors (Lipinski definition) is 5. The maximum Gasteiger partial charge on any atom is 0.330 e. The molecule has 1 saturated heterocycles. The van der Waals surface area contributed by atoms with E-state index in [0.29, 0.717) is 38.4 Å². The average molecular weight is 340 g/mol. The number of piperidine rings is 1. The van der Waals surface area contributed by atoms with Gasteiger partial charge in [-0.3, -0.25) is 4.90 Å². The summed E-state index contributed by atoms with van der Waals surface area (Å²) in [6.45, 7) is 3.87. The monoisotopic (exact) mass is 340 g/mol. The lowest BCUT2D eigenvalue weighted by atomic mass is 9.87. The lowest BCUT2D eigenvalue weighted by Gasteiger charge is -2.39. The van der Waals surface area contributed by atoms with Crippen LogP contribution in [-0.4, -0.2) is 43.6 Å². The fraction of sp³-hybridized carbons (Fsp3) is 0.389. The number of nitrogens with zero attached hydrogens (tertiary/aromatic N) is 4. The minimum Gasteiger partial charge on any atom is -0.479 e. The molecule has 1 aromatic carbocycles. The summed E-state index contributed by atoms with van der Waals surface area (Å²) in [4.78, 5) is 23.1. The van der Waals surface area contributed by atoms with Crippen LogP contribution in [0.5, 0.6) is 0 Å². The Morgan fingerprint density at radius 2 is 2.08 bits per heavy atom. The van der Waals surface area contributed by atoms with E-state index in [4.69, 9.17) is 4.42 Å². The van der Waals surface area contributed by atoms with Crippen molar-refractivity contribution >= 4 is 17.0 Å². The molecule has 7 nitrogen and oxygen atoms in total. The molecule has 1 aliphatic heterocycles. The van der Waals surface area contributed by atoms with E-state index in [1.807, 2.05) is 35.8 Å². The van der Waals surface area contributed by atoms with Gasteiger partial charge in [0, 0.05) is 26.6 Å². The summed E-state index contributed by atoms with van der Waals surface area (Å²) < 4.78 is 7.08. The zero-order chi connectivity index (χ0) is 17.4. The van der Waals surface area contributed by atoms with Crippen molar-refractivity contribution in [1.82, 2.24) is 19.4 Å². The summed E-state index contributed by atoms with van der Waals surface area (Å²) in [5, 5.41) is 10.0. The summed E-state index contributed by atoms with van der Waals surface area (Å²) >= 11 is 0. The minimum absolute atomic E-state index is 0.527. The third-order valence-electron chi connectivity index (χ3n) is 5.05. The topological polar surface area (TPSA) is 84.4 Å². The third-order valence-corrected chi connectivity index (χ3v) is 5.05. The van der Waals surface area contributed by atoms with Gasteiger partial charge in [-0.25, -0.2) is 14.8 Å². The van der Waals surface area contributed by atoms with Crippen LogP contribution in [-0.2, 0) is 16.9 Å². The molecule has 1 fully saturated rings. The molecular formula is C18H20N4O3. The van der Waals surface area contributed by atoms with Crippen molar-refractivity contribution < 1.29 is 14.3 Å². The lowest BCUT2D eigenvalue weighted by Crippen LogP contribution is -2.50. The first-order valence-electron chi connectivity index (χ1n) is 8.38. The van der Waals surface area contributed by atoms with Gasteiger partial charge in [0.25, 0.3) is 0 Å². The molecule has 0 unspecified atom stereocenters. The summed E-state index contributed by atoms with van der Waals surface area (Å²) in [6.07, 6.45) is 4.38. The normalized spacial score (nSPS) is 17.8. The Labute approximate surface area is 144 Å². The highest BCUT2D eigenvalue weighted by Gasteiger charge is 2.44. The minimum atomic E-state index is -0.952. The summed E-state index contributed by atoms with van der Waals surface area (Å²) in [6, 6.07) is 7.66. The van der Waals surface area contributed by atoms with Crippen LogP contribution >= 0.6 is 0 Å². The molecule has 3 aromatic rings. The second-order valence-electron chi connectivity index (χ2n) is 6.57. The van der Waals surface area contributed by atoms with E-state index in [-0.39, 0.29) is 0 Å². The number of fused-ring (bicyclic) bond motifs is 1. The molecule has 130 valence electrons. The van der Waals surface area contributed by atoms with Gasteiger partial charge in [0.15, 0.2) is 5.89 Å². The Morgan fingerprint density at radius 1 is 1.32 bits per heavy atom. The second kappa shape index (κ2) is 6.00. The van der Waals surface area contributed by atoms with Crippen molar-refractivity contribution in [2.75, 3.05) is 13.1 Å². The Hall–Kier alpha value is -2.67. The number of para-hydroxylation sites is 2. The largest absolute Gasteiger partial charge is 0.479 e. The molecular weight excluding hydrogens is 320 g/mol. The van der Waals surface area contributed by atoms with Crippen LogP contribution in [0.4, 0.5) is 0 Å². The van der Waals surface area contributed by atoms with Gasteiger partial charge >= 0.3 is 5.97 Å². The molecule has 0 aliphatic carbocycles. The van der Waals surface area contributed by atoms with Crippen molar-refractivity contribution in [1.29, 1.82) is 0 Å². The molecule has 4 rings (SSSR count). The number of carboxylic acids is 1. The zero-order valence-electron chi connectivity index (χ0n) is 14.1.